The maximum atomic E-state index is 13.8. The van der Waals surface area contributed by atoms with Crippen molar-refractivity contribution in [1.29, 1.82) is 0 Å². The second kappa shape index (κ2) is 12.2. The molecule has 2 aliphatic rings. The number of benzene rings is 3. The van der Waals surface area contributed by atoms with Crippen molar-refractivity contribution in [3.05, 3.63) is 108 Å². The highest BCUT2D eigenvalue weighted by Gasteiger charge is 2.59. The van der Waals surface area contributed by atoms with Crippen LogP contribution in [0.1, 0.15) is 37.0 Å². The minimum atomic E-state index is -1.04. The lowest BCUT2D eigenvalue weighted by molar-refractivity contribution is -0.154. The summed E-state index contributed by atoms with van der Waals surface area (Å²) in [6.07, 6.45) is 0.243. The molecular formula is C32H34N2O5S. The lowest BCUT2D eigenvalue weighted by Crippen LogP contribution is -2.62. The van der Waals surface area contributed by atoms with Crippen molar-refractivity contribution in [2.75, 3.05) is 0 Å². The van der Waals surface area contributed by atoms with Crippen LogP contribution in [0.4, 0.5) is 4.79 Å². The fourth-order valence-electron chi connectivity index (χ4n) is 5.66. The molecule has 40 heavy (non-hydrogen) atoms. The molecule has 8 heteroatoms. The Kier molecular flexibility index (Phi) is 8.45. The maximum Gasteiger partial charge on any atom is 0.408 e. The number of fused-ring (bicyclic) bond motifs is 1. The number of rotatable bonds is 10. The standard InChI is InChI=1S/C32H34N2O5S/c1-32(2)29(34-26(35)19-27(34)40-32)25(18-22-12-6-3-7-13-22)28(30(36)38-20-23-14-8-4-9-15-23)33-31(37)39-21-24-16-10-5-11-17-24/h3-17,25,27-29H,18-21H2,1-2H3,(H,33,37)/t25?,27-,28?,29+/m1/s1. The van der Waals surface area contributed by atoms with Crippen molar-refractivity contribution in [1.82, 2.24) is 10.2 Å². The molecule has 1 N–H and O–H groups in total. The molecule has 3 aromatic carbocycles. The zero-order valence-electron chi connectivity index (χ0n) is 22.7. The molecule has 2 aliphatic heterocycles. The first-order valence-electron chi connectivity index (χ1n) is 13.5. The summed E-state index contributed by atoms with van der Waals surface area (Å²) >= 11 is 1.74. The van der Waals surface area contributed by atoms with Gasteiger partial charge in [-0.2, -0.15) is 0 Å². The highest BCUT2D eigenvalue weighted by Crippen LogP contribution is 2.53. The zero-order valence-corrected chi connectivity index (χ0v) is 23.5. The van der Waals surface area contributed by atoms with Crippen molar-refractivity contribution in [2.45, 2.75) is 62.1 Å². The number of alkyl carbamates (subject to hydrolysis) is 1. The number of nitrogens with zero attached hydrogens (tertiary/aromatic N) is 1. The summed E-state index contributed by atoms with van der Waals surface area (Å²) in [4.78, 5) is 41.7. The van der Waals surface area contributed by atoms with Crippen LogP contribution in [0.3, 0.4) is 0 Å². The van der Waals surface area contributed by atoms with Crippen LogP contribution >= 0.6 is 11.8 Å². The Morgan fingerprint density at radius 1 is 0.875 bits per heavy atom. The summed E-state index contributed by atoms with van der Waals surface area (Å²) in [6, 6.07) is 27.3. The van der Waals surface area contributed by atoms with Gasteiger partial charge in [-0.15, -0.1) is 11.8 Å². The van der Waals surface area contributed by atoms with Gasteiger partial charge in [0.2, 0.25) is 5.91 Å². The largest absolute Gasteiger partial charge is 0.459 e. The van der Waals surface area contributed by atoms with Crippen molar-refractivity contribution < 1.29 is 23.9 Å². The number of ether oxygens (including phenoxy) is 2. The molecule has 2 amide bonds. The molecule has 0 radical (unpaired) electrons. The van der Waals surface area contributed by atoms with Gasteiger partial charge in [0.1, 0.15) is 19.3 Å². The van der Waals surface area contributed by atoms with Crippen molar-refractivity contribution in [3.8, 4) is 0 Å². The van der Waals surface area contributed by atoms with Gasteiger partial charge in [-0.05, 0) is 37.0 Å². The van der Waals surface area contributed by atoms with E-state index in [1.807, 2.05) is 95.9 Å². The smallest absolute Gasteiger partial charge is 0.408 e. The van der Waals surface area contributed by atoms with E-state index in [9.17, 15) is 14.4 Å². The van der Waals surface area contributed by atoms with E-state index in [0.717, 1.165) is 16.7 Å². The van der Waals surface area contributed by atoms with Gasteiger partial charge in [0.25, 0.3) is 0 Å². The lowest BCUT2D eigenvalue weighted by Gasteiger charge is -2.44. The van der Waals surface area contributed by atoms with Crippen LogP contribution in [0, 0.1) is 5.92 Å². The molecule has 208 valence electrons. The van der Waals surface area contributed by atoms with E-state index in [-0.39, 0.29) is 35.3 Å². The second-order valence-corrected chi connectivity index (χ2v) is 12.6. The molecule has 4 atom stereocenters. The molecule has 2 fully saturated rings. The highest BCUT2D eigenvalue weighted by molar-refractivity contribution is 8.01. The fourth-order valence-corrected chi connectivity index (χ4v) is 7.38. The second-order valence-electron chi connectivity index (χ2n) is 10.8. The third-order valence-electron chi connectivity index (χ3n) is 7.51. The summed E-state index contributed by atoms with van der Waals surface area (Å²) in [5, 5.41) is 2.92. The van der Waals surface area contributed by atoms with Crippen LogP contribution in [0.5, 0.6) is 0 Å². The van der Waals surface area contributed by atoms with Gasteiger partial charge in [-0.25, -0.2) is 9.59 Å². The summed E-state index contributed by atoms with van der Waals surface area (Å²) in [5.74, 6) is -0.945. The number of hydrogen-bond donors (Lipinski definition) is 1. The van der Waals surface area contributed by atoms with Gasteiger partial charge in [0, 0.05) is 10.7 Å². The van der Waals surface area contributed by atoms with E-state index in [1.165, 1.54) is 0 Å². The van der Waals surface area contributed by atoms with Gasteiger partial charge in [-0.1, -0.05) is 91.0 Å². The number of carbonyl (C=O) groups is 3. The molecule has 0 aromatic heterocycles. The molecule has 0 spiro atoms. The Morgan fingerprint density at radius 3 is 1.95 bits per heavy atom. The van der Waals surface area contributed by atoms with Crippen molar-refractivity contribution in [2.24, 2.45) is 5.92 Å². The summed E-state index contributed by atoms with van der Waals surface area (Å²) < 4.78 is 11.0. The zero-order chi connectivity index (χ0) is 28.1. The van der Waals surface area contributed by atoms with Crippen molar-refractivity contribution in [3.63, 3.8) is 0 Å². The van der Waals surface area contributed by atoms with Crippen LogP contribution in [0.25, 0.3) is 0 Å². The number of amides is 2. The van der Waals surface area contributed by atoms with E-state index in [2.05, 4.69) is 19.2 Å². The Balaban J connectivity index is 1.44. The quantitative estimate of drug-likeness (QED) is 0.267. The Bertz CT molecular complexity index is 1320. The number of nitrogens with one attached hydrogen (secondary N) is 1. The number of esters is 1. The topological polar surface area (TPSA) is 84.9 Å². The molecule has 2 unspecified atom stereocenters. The van der Waals surface area contributed by atoms with Gasteiger partial charge in [-0.3, -0.25) is 4.79 Å². The first-order valence-corrected chi connectivity index (χ1v) is 14.4. The first kappa shape index (κ1) is 27.8. The van der Waals surface area contributed by atoms with Crippen LogP contribution in [-0.2, 0) is 38.7 Å². The lowest BCUT2D eigenvalue weighted by atomic mass is 9.78. The van der Waals surface area contributed by atoms with Gasteiger partial charge >= 0.3 is 12.1 Å². The van der Waals surface area contributed by atoms with E-state index in [0.29, 0.717) is 12.8 Å². The number of thioether (sulfide) groups is 1. The molecule has 0 aliphatic carbocycles. The maximum absolute atomic E-state index is 13.8. The van der Waals surface area contributed by atoms with Crippen LogP contribution in [0.2, 0.25) is 0 Å². The molecule has 0 bridgehead atoms. The molecule has 3 aromatic rings. The third-order valence-corrected chi connectivity index (χ3v) is 9.03. The van der Waals surface area contributed by atoms with Gasteiger partial charge < -0.3 is 19.7 Å². The predicted octanol–water partition coefficient (Wildman–Crippen LogP) is 5.34. The van der Waals surface area contributed by atoms with Crippen molar-refractivity contribution >= 4 is 29.7 Å². The van der Waals surface area contributed by atoms with Gasteiger partial charge in [0.15, 0.2) is 0 Å². The summed E-state index contributed by atoms with van der Waals surface area (Å²) in [7, 11) is 0. The first-order chi connectivity index (χ1) is 19.3. The Labute approximate surface area is 239 Å². The summed E-state index contributed by atoms with van der Waals surface area (Å²) in [5.41, 5.74) is 2.68. The molecule has 2 saturated heterocycles. The van der Waals surface area contributed by atoms with E-state index in [1.54, 1.807) is 11.8 Å². The minimum absolute atomic E-state index is 0.0641. The minimum Gasteiger partial charge on any atom is -0.459 e. The van der Waals surface area contributed by atoms with Crippen LogP contribution in [-0.4, -0.2) is 45.1 Å². The molecular weight excluding hydrogens is 524 g/mol. The third kappa shape index (κ3) is 6.33. The van der Waals surface area contributed by atoms with Gasteiger partial charge in [0.05, 0.1) is 17.8 Å². The number of carbonyl (C=O) groups excluding carboxylic acids is 3. The van der Waals surface area contributed by atoms with E-state index in [4.69, 9.17) is 9.47 Å². The molecule has 7 nitrogen and oxygen atoms in total. The molecule has 2 heterocycles. The Morgan fingerprint density at radius 2 is 1.40 bits per heavy atom. The predicted molar refractivity (Wildman–Crippen MR) is 154 cm³/mol. The number of hydrogen-bond acceptors (Lipinski definition) is 6. The highest BCUT2D eigenvalue weighted by atomic mass is 32.2. The fraction of sp³-hybridized carbons (Fsp3) is 0.344. The SMILES string of the molecule is CC1(C)S[C@@H]2CC(=O)N2[C@H]1C(Cc1ccccc1)C(NC(=O)OCc1ccccc1)C(=O)OCc1ccccc1. The molecule has 5 rings (SSSR count). The van der Waals surface area contributed by atoms with Crippen LogP contribution in [0.15, 0.2) is 91.0 Å². The average Bonchev–Trinajstić information content (AvgIpc) is 3.18. The normalized spacial score (nSPS) is 20.6. The van der Waals surface area contributed by atoms with E-state index < -0.39 is 24.0 Å². The summed E-state index contributed by atoms with van der Waals surface area (Å²) in [6.45, 7) is 4.35. The van der Waals surface area contributed by atoms with Crippen LogP contribution < -0.4 is 5.32 Å². The monoisotopic (exact) mass is 558 g/mol. The Hall–Kier alpha value is -3.78. The number of β-lactam (4-membered cyclic amide) rings is 1. The van der Waals surface area contributed by atoms with E-state index >= 15 is 0 Å². The average molecular weight is 559 g/mol. The molecule has 0 saturated carbocycles.